The largest absolute Gasteiger partial charge is 0.325 e. The highest BCUT2D eigenvalue weighted by molar-refractivity contribution is 6.04. The van der Waals surface area contributed by atoms with Crippen LogP contribution in [-0.4, -0.2) is 40.8 Å². The third-order valence-corrected chi connectivity index (χ3v) is 5.40. The maximum Gasteiger partial charge on any atom is 0.256 e. The number of piperazine rings is 1. The predicted octanol–water partition coefficient (Wildman–Crippen LogP) is 3.93. The predicted molar refractivity (Wildman–Crippen MR) is 114 cm³/mol. The highest BCUT2D eigenvalue weighted by Gasteiger charge is 2.35. The lowest BCUT2D eigenvalue weighted by Gasteiger charge is -2.40. The van der Waals surface area contributed by atoms with Crippen LogP contribution in [0.2, 0.25) is 0 Å². The number of amides is 2. The zero-order chi connectivity index (χ0) is 20.4. The van der Waals surface area contributed by atoms with Crippen LogP contribution in [0, 0.1) is 6.92 Å². The van der Waals surface area contributed by atoms with Crippen molar-refractivity contribution in [1.82, 2.24) is 9.88 Å². The summed E-state index contributed by atoms with van der Waals surface area (Å²) < 4.78 is 0. The quantitative estimate of drug-likeness (QED) is 0.686. The van der Waals surface area contributed by atoms with Crippen LogP contribution in [0.4, 0.5) is 5.69 Å². The summed E-state index contributed by atoms with van der Waals surface area (Å²) in [4.78, 5) is 33.6. The lowest BCUT2D eigenvalue weighted by atomic mass is 10.0. The molecule has 0 unspecified atom stereocenters. The Morgan fingerprint density at radius 3 is 2.52 bits per heavy atom. The van der Waals surface area contributed by atoms with Crippen molar-refractivity contribution in [1.29, 1.82) is 0 Å². The van der Waals surface area contributed by atoms with Crippen molar-refractivity contribution in [2.75, 3.05) is 18.0 Å². The first-order chi connectivity index (χ1) is 14.1. The summed E-state index contributed by atoms with van der Waals surface area (Å²) in [5.74, 6) is -0.228. The molecular formula is C24H23N3O2. The maximum absolute atomic E-state index is 13.1. The summed E-state index contributed by atoms with van der Waals surface area (Å²) in [6.07, 6.45) is 3.24. The van der Waals surface area contributed by atoms with Crippen molar-refractivity contribution in [2.45, 2.75) is 19.9 Å². The van der Waals surface area contributed by atoms with E-state index in [2.05, 4.69) is 4.98 Å². The fourth-order valence-corrected chi connectivity index (χ4v) is 3.77. The number of para-hydroxylation sites is 1. The molecule has 146 valence electrons. The van der Waals surface area contributed by atoms with Gasteiger partial charge in [-0.2, -0.15) is 0 Å². The fraction of sp³-hybridized carbons (Fsp3) is 0.208. The molecule has 1 aliphatic rings. The minimum absolute atomic E-state index is 0.0530. The summed E-state index contributed by atoms with van der Waals surface area (Å²) in [5.41, 5.74) is 4.36. The SMILES string of the molecule is Cc1ccncc1C(=O)N1CC(=O)N(c2ccccc2-c2ccccc2)C[C@@H]1C. The topological polar surface area (TPSA) is 53.5 Å². The van der Waals surface area contributed by atoms with Crippen molar-refractivity contribution in [2.24, 2.45) is 0 Å². The molecule has 0 saturated carbocycles. The number of pyridine rings is 1. The van der Waals surface area contributed by atoms with Crippen LogP contribution >= 0.6 is 0 Å². The number of nitrogens with zero attached hydrogens (tertiary/aromatic N) is 3. The summed E-state index contributed by atoms with van der Waals surface area (Å²) in [5, 5.41) is 0. The van der Waals surface area contributed by atoms with E-state index in [1.54, 1.807) is 22.2 Å². The molecule has 5 nitrogen and oxygen atoms in total. The number of anilines is 1. The van der Waals surface area contributed by atoms with Crippen molar-refractivity contribution in [3.63, 3.8) is 0 Å². The highest BCUT2D eigenvalue weighted by atomic mass is 16.2. The van der Waals surface area contributed by atoms with E-state index in [0.717, 1.165) is 22.4 Å². The molecule has 29 heavy (non-hydrogen) atoms. The molecular weight excluding hydrogens is 362 g/mol. The lowest BCUT2D eigenvalue weighted by Crippen LogP contribution is -2.57. The Balaban J connectivity index is 1.62. The Labute approximate surface area is 170 Å². The van der Waals surface area contributed by atoms with Gasteiger partial charge in [0.05, 0.1) is 11.3 Å². The van der Waals surface area contributed by atoms with Gasteiger partial charge in [-0.05, 0) is 37.1 Å². The van der Waals surface area contributed by atoms with Gasteiger partial charge in [0, 0.05) is 30.5 Å². The molecule has 2 heterocycles. The van der Waals surface area contributed by atoms with Crippen LogP contribution < -0.4 is 4.90 Å². The van der Waals surface area contributed by atoms with Crippen LogP contribution in [0.1, 0.15) is 22.8 Å². The van der Waals surface area contributed by atoms with Crippen LogP contribution in [0.5, 0.6) is 0 Å². The fourth-order valence-electron chi connectivity index (χ4n) is 3.77. The highest BCUT2D eigenvalue weighted by Crippen LogP contribution is 2.32. The van der Waals surface area contributed by atoms with E-state index in [1.165, 1.54) is 0 Å². The van der Waals surface area contributed by atoms with Gasteiger partial charge >= 0.3 is 0 Å². The lowest BCUT2D eigenvalue weighted by molar-refractivity contribution is -0.121. The number of aryl methyl sites for hydroxylation is 1. The van der Waals surface area contributed by atoms with Gasteiger partial charge in [-0.3, -0.25) is 14.6 Å². The zero-order valence-electron chi connectivity index (χ0n) is 16.6. The average Bonchev–Trinajstić information content (AvgIpc) is 2.75. The molecule has 2 amide bonds. The smallest absolute Gasteiger partial charge is 0.256 e. The van der Waals surface area contributed by atoms with Gasteiger partial charge in [0.1, 0.15) is 6.54 Å². The molecule has 3 aromatic rings. The molecule has 1 saturated heterocycles. The molecule has 2 aromatic carbocycles. The molecule has 1 aromatic heterocycles. The van der Waals surface area contributed by atoms with Crippen molar-refractivity contribution >= 4 is 17.5 Å². The Morgan fingerprint density at radius 2 is 1.76 bits per heavy atom. The van der Waals surface area contributed by atoms with Gasteiger partial charge in [0.2, 0.25) is 5.91 Å². The molecule has 0 aliphatic carbocycles. The number of benzene rings is 2. The molecule has 0 bridgehead atoms. The van der Waals surface area contributed by atoms with Gasteiger partial charge in [0.25, 0.3) is 5.91 Å². The van der Waals surface area contributed by atoms with Crippen LogP contribution in [0.25, 0.3) is 11.1 Å². The minimum Gasteiger partial charge on any atom is -0.325 e. The van der Waals surface area contributed by atoms with Crippen LogP contribution in [-0.2, 0) is 4.79 Å². The zero-order valence-corrected chi connectivity index (χ0v) is 16.6. The Morgan fingerprint density at radius 1 is 1.03 bits per heavy atom. The first-order valence-electron chi connectivity index (χ1n) is 9.72. The summed E-state index contributed by atoms with van der Waals surface area (Å²) >= 11 is 0. The molecule has 0 N–H and O–H groups in total. The Hall–Kier alpha value is -3.47. The molecule has 1 atom stereocenters. The maximum atomic E-state index is 13.1. The van der Waals surface area contributed by atoms with Crippen molar-refractivity contribution < 1.29 is 9.59 Å². The monoisotopic (exact) mass is 385 g/mol. The van der Waals surface area contributed by atoms with E-state index in [9.17, 15) is 9.59 Å². The first-order valence-corrected chi connectivity index (χ1v) is 9.72. The number of rotatable bonds is 3. The molecule has 1 aliphatic heterocycles. The van der Waals surface area contributed by atoms with E-state index in [-0.39, 0.29) is 24.4 Å². The summed E-state index contributed by atoms with van der Waals surface area (Å²) in [6.45, 7) is 4.37. The van der Waals surface area contributed by atoms with E-state index in [0.29, 0.717) is 12.1 Å². The second kappa shape index (κ2) is 7.87. The minimum atomic E-state index is -0.146. The van der Waals surface area contributed by atoms with Gasteiger partial charge in [-0.15, -0.1) is 0 Å². The molecule has 0 spiro atoms. The summed E-state index contributed by atoms with van der Waals surface area (Å²) in [7, 11) is 0. The number of hydrogen-bond donors (Lipinski definition) is 0. The van der Waals surface area contributed by atoms with Gasteiger partial charge < -0.3 is 9.80 Å². The Kier molecular flexibility index (Phi) is 5.12. The first kappa shape index (κ1) is 18.9. The van der Waals surface area contributed by atoms with Gasteiger partial charge in [-0.1, -0.05) is 48.5 Å². The number of carbonyl (C=O) groups excluding carboxylic acids is 2. The van der Waals surface area contributed by atoms with E-state index >= 15 is 0 Å². The van der Waals surface area contributed by atoms with E-state index < -0.39 is 0 Å². The van der Waals surface area contributed by atoms with Gasteiger partial charge in [-0.25, -0.2) is 0 Å². The van der Waals surface area contributed by atoms with E-state index in [4.69, 9.17) is 0 Å². The van der Waals surface area contributed by atoms with Gasteiger partial charge in [0.15, 0.2) is 0 Å². The molecule has 1 fully saturated rings. The standard InChI is InChI=1S/C24H23N3O2/c1-17-12-13-25-14-21(17)24(29)26-16-23(28)27(15-18(26)2)22-11-7-6-10-20(22)19-8-4-3-5-9-19/h3-14,18H,15-16H2,1-2H3/t18-/m0/s1. The summed E-state index contributed by atoms with van der Waals surface area (Å²) in [6, 6.07) is 19.7. The Bertz CT molecular complexity index is 1050. The molecule has 4 rings (SSSR count). The third-order valence-electron chi connectivity index (χ3n) is 5.40. The van der Waals surface area contributed by atoms with Crippen molar-refractivity contribution in [3.8, 4) is 11.1 Å². The molecule has 5 heteroatoms. The number of carbonyl (C=O) groups is 2. The normalized spacial score (nSPS) is 16.8. The number of hydrogen-bond acceptors (Lipinski definition) is 3. The van der Waals surface area contributed by atoms with Crippen molar-refractivity contribution in [3.05, 3.63) is 84.2 Å². The van der Waals surface area contributed by atoms with E-state index in [1.807, 2.05) is 74.5 Å². The third kappa shape index (κ3) is 3.63. The van der Waals surface area contributed by atoms with Crippen LogP contribution in [0.3, 0.4) is 0 Å². The molecule has 0 radical (unpaired) electrons. The average molecular weight is 385 g/mol. The number of aromatic nitrogens is 1. The second-order valence-corrected chi connectivity index (χ2v) is 7.36. The second-order valence-electron chi connectivity index (χ2n) is 7.36. The van der Waals surface area contributed by atoms with Crippen LogP contribution in [0.15, 0.2) is 73.1 Å².